The van der Waals surface area contributed by atoms with E-state index in [-0.39, 0.29) is 0 Å². The summed E-state index contributed by atoms with van der Waals surface area (Å²) in [4.78, 5) is 18.9. The van der Waals surface area contributed by atoms with Gasteiger partial charge in [-0.2, -0.15) is 0 Å². The topological polar surface area (TPSA) is 63.1 Å². The molecule has 1 aromatic rings. The van der Waals surface area contributed by atoms with E-state index < -0.39 is 11.4 Å². The summed E-state index contributed by atoms with van der Waals surface area (Å²) in [5.41, 5.74) is -0.183. The maximum atomic E-state index is 11.2. The minimum Gasteiger partial charge on any atom is -0.481 e. The molecule has 0 spiro atoms. The second-order valence-electron chi connectivity index (χ2n) is 3.64. The number of carbonyl (C=O) groups is 1. The molecular formula is C10H11N2O2. The highest BCUT2D eigenvalue weighted by Crippen LogP contribution is 2.40. The summed E-state index contributed by atoms with van der Waals surface area (Å²) in [6.45, 7) is 0. The number of hydrogen-bond acceptors (Lipinski definition) is 3. The lowest BCUT2D eigenvalue weighted by Gasteiger charge is -2.22. The molecule has 73 valence electrons. The van der Waals surface area contributed by atoms with E-state index in [2.05, 4.69) is 16.3 Å². The molecule has 1 aliphatic carbocycles. The second kappa shape index (κ2) is 3.36. The van der Waals surface area contributed by atoms with E-state index in [1.807, 2.05) is 0 Å². The van der Waals surface area contributed by atoms with Crippen LogP contribution in [-0.2, 0) is 10.2 Å². The van der Waals surface area contributed by atoms with Gasteiger partial charge in [-0.1, -0.05) is 12.8 Å². The molecule has 0 unspecified atom stereocenters. The van der Waals surface area contributed by atoms with Gasteiger partial charge in [0, 0.05) is 6.20 Å². The van der Waals surface area contributed by atoms with Crippen LogP contribution in [0.4, 0.5) is 0 Å². The summed E-state index contributed by atoms with van der Waals surface area (Å²) in [6, 6.07) is 1.68. The normalized spacial score (nSPS) is 19.4. The SMILES string of the molecule is O=C(O)C1(c2ccn[c]n2)CCCC1. The molecule has 0 saturated heterocycles. The van der Waals surface area contributed by atoms with Gasteiger partial charge >= 0.3 is 5.97 Å². The number of aromatic nitrogens is 2. The molecular weight excluding hydrogens is 180 g/mol. The number of aliphatic carboxylic acids is 1. The Morgan fingerprint density at radius 1 is 1.50 bits per heavy atom. The average Bonchev–Trinajstić information content (AvgIpc) is 2.69. The highest BCUT2D eigenvalue weighted by Gasteiger charge is 2.44. The van der Waals surface area contributed by atoms with E-state index in [0.29, 0.717) is 18.5 Å². The molecule has 1 aromatic heterocycles. The van der Waals surface area contributed by atoms with E-state index in [9.17, 15) is 9.90 Å². The molecule has 1 fully saturated rings. The van der Waals surface area contributed by atoms with E-state index in [1.54, 1.807) is 12.3 Å². The Labute approximate surface area is 82.0 Å². The third-order valence-electron chi connectivity index (χ3n) is 2.89. The molecule has 1 aliphatic rings. The predicted octanol–water partition coefficient (Wildman–Crippen LogP) is 1.17. The van der Waals surface area contributed by atoms with Gasteiger partial charge in [0.15, 0.2) is 6.33 Å². The van der Waals surface area contributed by atoms with Crippen LogP contribution < -0.4 is 0 Å². The summed E-state index contributed by atoms with van der Waals surface area (Å²) in [6.07, 6.45) is 7.26. The van der Waals surface area contributed by atoms with Crippen molar-refractivity contribution in [3.8, 4) is 0 Å². The van der Waals surface area contributed by atoms with E-state index in [4.69, 9.17) is 0 Å². The van der Waals surface area contributed by atoms with Gasteiger partial charge in [-0.25, -0.2) is 9.97 Å². The number of rotatable bonds is 2. The van der Waals surface area contributed by atoms with Crippen LogP contribution in [0.15, 0.2) is 12.3 Å². The molecule has 0 amide bonds. The summed E-state index contributed by atoms with van der Waals surface area (Å²) in [7, 11) is 0. The highest BCUT2D eigenvalue weighted by atomic mass is 16.4. The van der Waals surface area contributed by atoms with Crippen molar-refractivity contribution >= 4 is 5.97 Å². The van der Waals surface area contributed by atoms with Crippen LogP contribution in [0.2, 0.25) is 0 Å². The van der Waals surface area contributed by atoms with Gasteiger partial charge in [-0.15, -0.1) is 0 Å². The minimum atomic E-state index is -0.778. The molecule has 2 rings (SSSR count). The van der Waals surface area contributed by atoms with Crippen molar-refractivity contribution in [1.29, 1.82) is 0 Å². The van der Waals surface area contributed by atoms with Crippen molar-refractivity contribution in [2.24, 2.45) is 0 Å². The molecule has 0 aliphatic heterocycles. The van der Waals surface area contributed by atoms with Crippen LogP contribution in [0, 0.1) is 6.33 Å². The summed E-state index contributed by atoms with van der Waals surface area (Å²) >= 11 is 0. The fourth-order valence-corrected chi connectivity index (χ4v) is 2.09. The van der Waals surface area contributed by atoms with E-state index in [0.717, 1.165) is 12.8 Å². The van der Waals surface area contributed by atoms with Crippen LogP contribution in [0.3, 0.4) is 0 Å². The van der Waals surface area contributed by atoms with Crippen LogP contribution >= 0.6 is 0 Å². The molecule has 4 heteroatoms. The predicted molar refractivity (Wildman–Crippen MR) is 48.6 cm³/mol. The first-order valence-electron chi connectivity index (χ1n) is 4.69. The molecule has 1 N–H and O–H groups in total. The second-order valence-corrected chi connectivity index (χ2v) is 3.64. The smallest absolute Gasteiger partial charge is 0.315 e. The van der Waals surface area contributed by atoms with Gasteiger partial charge in [0.1, 0.15) is 5.41 Å². The lowest BCUT2D eigenvalue weighted by molar-refractivity contribution is -0.143. The fraction of sp³-hybridized carbons (Fsp3) is 0.500. The van der Waals surface area contributed by atoms with Crippen molar-refractivity contribution in [3.05, 3.63) is 24.3 Å². The van der Waals surface area contributed by atoms with E-state index in [1.165, 1.54) is 0 Å². The summed E-state index contributed by atoms with van der Waals surface area (Å²) < 4.78 is 0. The highest BCUT2D eigenvalue weighted by molar-refractivity contribution is 5.81. The zero-order chi connectivity index (χ0) is 10.0. The standard InChI is InChI=1S/C10H11N2O2/c13-9(14)10(4-1-2-5-10)8-3-6-11-7-12-8/h3,6H,1-2,4-5H2,(H,13,14). The lowest BCUT2D eigenvalue weighted by Crippen LogP contribution is -2.33. The molecule has 1 saturated carbocycles. The van der Waals surface area contributed by atoms with Gasteiger partial charge in [0.25, 0.3) is 0 Å². The van der Waals surface area contributed by atoms with Crippen molar-refractivity contribution in [2.75, 3.05) is 0 Å². The number of hydrogen-bond donors (Lipinski definition) is 1. The quantitative estimate of drug-likeness (QED) is 0.762. The number of carboxylic acid groups (broad SMARTS) is 1. The van der Waals surface area contributed by atoms with Crippen molar-refractivity contribution in [1.82, 2.24) is 9.97 Å². The van der Waals surface area contributed by atoms with Crippen molar-refractivity contribution in [3.63, 3.8) is 0 Å². The van der Waals surface area contributed by atoms with Gasteiger partial charge in [-0.3, -0.25) is 4.79 Å². The zero-order valence-electron chi connectivity index (χ0n) is 7.73. The largest absolute Gasteiger partial charge is 0.481 e. The molecule has 1 radical (unpaired) electrons. The Morgan fingerprint density at radius 2 is 2.21 bits per heavy atom. The van der Waals surface area contributed by atoms with Gasteiger partial charge in [-0.05, 0) is 18.9 Å². The Kier molecular flexibility index (Phi) is 2.19. The molecule has 0 bridgehead atoms. The monoisotopic (exact) mass is 191 g/mol. The lowest BCUT2D eigenvalue weighted by atomic mass is 9.82. The van der Waals surface area contributed by atoms with Crippen LogP contribution in [-0.4, -0.2) is 21.0 Å². The Balaban J connectivity index is 2.42. The molecule has 1 heterocycles. The van der Waals surface area contributed by atoms with Crippen LogP contribution in [0.1, 0.15) is 31.4 Å². The fourth-order valence-electron chi connectivity index (χ4n) is 2.09. The molecule has 4 nitrogen and oxygen atoms in total. The molecule has 0 aromatic carbocycles. The van der Waals surface area contributed by atoms with Crippen LogP contribution in [0.25, 0.3) is 0 Å². The number of nitrogens with zero attached hydrogens (tertiary/aromatic N) is 2. The molecule has 14 heavy (non-hydrogen) atoms. The van der Waals surface area contributed by atoms with Crippen molar-refractivity contribution < 1.29 is 9.90 Å². The average molecular weight is 191 g/mol. The van der Waals surface area contributed by atoms with Gasteiger partial charge in [0.2, 0.25) is 0 Å². The Hall–Kier alpha value is -1.45. The summed E-state index contributed by atoms with van der Waals surface area (Å²) in [5, 5.41) is 9.24. The summed E-state index contributed by atoms with van der Waals surface area (Å²) in [5.74, 6) is -0.776. The first-order valence-corrected chi connectivity index (χ1v) is 4.69. The van der Waals surface area contributed by atoms with Gasteiger partial charge in [0.05, 0.1) is 5.69 Å². The van der Waals surface area contributed by atoms with Crippen molar-refractivity contribution in [2.45, 2.75) is 31.1 Å². The van der Waals surface area contributed by atoms with Crippen LogP contribution in [0.5, 0.6) is 0 Å². The Morgan fingerprint density at radius 3 is 2.71 bits per heavy atom. The maximum absolute atomic E-state index is 11.2. The zero-order valence-corrected chi connectivity index (χ0v) is 7.73. The third kappa shape index (κ3) is 1.27. The third-order valence-corrected chi connectivity index (χ3v) is 2.89. The first kappa shape index (κ1) is 9.12. The first-order chi connectivity index (χ1) is 6.76. The Bertz CT molecular complexity index is 331. The maximum Gasteiger partial charge on any atom is 0.315 e. The molecule has 0 atom stereocenters. The number of carboxylic acids is 1. The minimum absolute atomic E-state index is 0.595. The van der Waals surface area contributed by atoms with Gasteiger partial charge < -0.3 is 5.11 Å². The van der Waals surface area contributed by atoms with E-state index >= 15 is 0 Å².